The minimum atomic E-state index is -0.0636. The summed E-state index contributed by atoms with van der Waals surface area (Å²) < 4.78 is 0. The molecule has 0 atom stereocenters. The highest BCUT2D eigenvalue weighted by molar-refractivity contribution is 6.31. The first kappa shape index (κ1) is 18.0. The Bertz CT molecular complexity index is 895. The fourth-order valence-electron chi connectivity index (χ4n) is 2.56. The Morgan fingerprint density at radius 1 is 1.12 bits per heavy atom. The van der Waals surface area contributed by atoms with Gasteiger partial charge in [0, 0.05) is 30.5 Å². The van der Waals surface area contributed by atoms with Gasteiger partial charge in [-0.25, -0.2) is 4.98 Å². The molecule has 0 spiro atoms. The van der Waals surface area contributed by atoms with Crippen molar-refractivity contribution in [1.82, 2.24) is 9.88 Å². The van der Waals surface area contributed by atoms with Gasteiger partial charge < -0.3 is 10.2 Å². The van der Waals surface area contributed by atoms with Gasteiger partial charge in [-0.1, -0.05) is 48.0 Å². The lowest BCUT2D eigenvalue weighted by atomic mass is 10.2. The van der Waals surface area contributed by atoms with E-state index in [4.69, 9.17) is 11.6 Å². The van der Waals surface area contributed by atoms with Crippen molar-refractivity contribution >= 4 is 29.0 Å². The average molecular weight is 366 g/mol. The van der Waals surface area contributed by atoms with Crippen LogP contribution in [0.3, 0.4) is 0 Å². The van der Waals surface area contributed by atoms with E-state index in [-0.39, 0.29) is 5.91 Å². The molecule has 0 saturated heterocycles. The molecule has 0 aliphatic rings. The molecule has 0 saturated carbocycles. The van der Waals surface area contributed by atoms with Crippen LogP contribution < -0.4 is 5.32 Å². The van der Waals surface area contributed by atoms with E-state index in [0.717, 1.165) is 16.8 Å². The number of carbonyl (C=O) groups excluding carboxylic acids is 1. The molecule has 1 aromatic heterocycles. The van der Waals surface area contributed by atoms with Crippen LogP contribution in [0.4, 0.5) is 11.5 Å². The third-order valence-corrected chi connectivity index (χ3v) is 4.47. The maximum Gasteiger partial charge on any atom is 0.255 e. The van der Waals surface area contributed by atoms with Gasteiger partial charge in [0.25, 0.3) is 5.91 Å². The van der Waals surface area contributed by atoms with E-state index < -0.39 is 0 Å². The molecule has 132 valence electrons. The number of aromatic nitrogens is 1. The first-order valence-electron chi connectivity index (χ1n) is 8.31. The van der Waals surface area contributed by atoms with Gasteiger partial charge in [-0.15, -0.1) is 0 Å². The number of amides is 1. The lowest BCUT2D eigenvalue weighted by Gasteiger charge is -2.17. The summed E-state index contributed by atoms with van der Waals surface area (Å²) in [4.78, 5) is 18.6. The van der Waals surface area contributed by atoms with Crippen molar-refractivity contribution in [3.8, 4) is 0 Å². The Labute approximate surface area is 158 Å². The van der Waals surface area contributed by atoms with Gasteiger partial charge in [0.15, 0.2) is 0 Å². The molecule has 26 heavy (non-hydrogen) atoms. The van der Waals surface area contributed by atoms with Crippen molar-refractivity contribution in [3.63, 3.8) is 0 Å². The van der Waals surface area contributed by atoms with Crippen LogP contribution in [0, 0.1) is 6.92 Å². The summed E-state index contributed by atoms with van der Waals surface area (Å²) in [5.74, 6) is 0.596. The predicted molar refractivity (Wildman–Crippen MR) is 106 cm³/mol. The number of hydrogen-bond donors (Lipinski definition) is 1. The topological polar surface area (TPSA) is 45.2 Å². The maximum absolute atomic E-state index is 12.5. The van der Waals surface area contributed by atoms with E-state index in [1.807, 2.05) is 55.5 Å². The van der Waals surface area contributed by atoms with E-state index in [1.165, 1.54) is 0 Å². The Hall–Kier alpha value is -2.85. The van der Waals surface area contributed by atoms with Crippen molar-refractivity contribution in [2.45, 2.75) is 13.5 Å². The minimum absolute atomic E-state index is 0.0636. The summed E-state index contributed by atoms with van der Waals surface area (Å²) in [6, 6.07) is 19.2. The molecule has 1 amide bonds. The van der Waals surface area contributed by atoms with Crippen molar-refractivity contribution in [2.75, 3.05) is 12.4 Å². The van der Waals surface area contributed by atoms with Crippen molar-refractivity contribution in [2.24, 2.45) is 0 Å². The zero-order valence-electron chi connectivity index (χ0n) is 14.7. The Morgan fingerprint density at radius 2 is 1.88 bits per heavy atom. The molecule has 1 N–H and O–H groups in total. The van der Waals surface area contributed by atoms with Crippen LogP contribution in [0.5, 0.6) is 0 Å². The number of hydrogen-bond acceptors (Lipinski definition) is 3. The van der Waals surface area contributed by atoms with E-state index in [2.05, 4.69) is 10.3 Å². The minimum Gasteiger partial charge on any atom is -0.340 e. The lowest BCUT2D eigenvalue weighted by Crippen LogP contribution is -2.26. The quantitative estimate of drug-likeness (QED) is 0.687. The molecule has 0 unspecified atom stereocenters. The number of nitrogens with one attached hydrogen (secondary N) is 1. The molecule has 3 rings (SSSR count). The van der Waals surface area contributed by atoms with E-state index >= 15 is 0 Å². The monoisotopic (exact) mass is 365 g/mol. The zero-order chi connectivity index (χ0) is 18.5. The second-order valence-electron chi connectivity index (χ2n) is 6.17. The summed E-state index contributed by atoms with van der Waals surface area (Å²) in [5, 5.41) is 3.89. The van der Waals surface area contributed by atoms with E-state index in [1.54, 1.807) is 30.3 Å². The maximum atomic E-state index is 12.5. The largest absolute Gasteiger partial charge is 0.340 e. The van der Waals surface area contributed by atoms with Crippen molar-refractivity contribution in [3.05, 3.63) is 88.6 Å². The first-order chi connectivity index (χ1) is 12.5. The molecule has 0 aliphatic heterocycles. The van der Waals surface area contributed by atoms with Gasteiger partial charge in [0.1, 0.15) is 5.82 Å². The second kappa shape index (κ2) is 8.02. The summed E-state index contributed by atoms with van der Waals surface area (Å²) in [7, 11) is 1.79. The van der Waals surface area contributed by atoms with Gasteiger partial charge in [0.2, 0.25) is 0 Å². The number of rotatable bonds is 5. The molecule has 5 heteroatoms. The van der Waals surface area contributed by atoms with E-state index in [9.17, 15) is 4.79 Å². The number of halogens is 1. The van der Waals surface area contributed by atoms with Gasteiger partial charge >= 0.3 is 0 Å². The summed E-state index contributed by atoms with van der Waals surface area (Å²) in [5.41, 5.74) is 3.52. The number of carbonyl (C=O) groups is 1. The third kappa shape index (κ3) is 4.41. The average Bonchev–Trinajstić information content (AvgIpc) is 2.65. The highest BCUT2D eigenvalue weighted by Gasteiger charge is 2.12. The Kier molecular flexibility index (Phi) is 5.54. The molecular weight excluding hydrogens is 346 g/mol. The Balaban J connectivity index is 1.66. The van der Waals surface area contributed by atoms with Crippen LogP contribution >= 0.6 is 11.6 Å². The molecule has 1 heterocycles. The standard InChI is InChI=1S/C21H20ClN3O/c1-15-8-10-18(12-19(15)22)24-20-11-9-17(13-23-20)21(26)25(2)14-16-6-4-3-5-7-16/h3-13H,14H2,1-2H3,(H,23,24). The van der Waals surface area contributed by atoms with Crippen molar-refractivity contribution < 1.29 is 4.79 Å². The summed E-state index contributed by atoms with van der Waals surface area (Å²) in [6.07, 6.45) is 1.59. The number of nitrogens with zero attached hydrogens (tertiary/aromatic N) is 2. The fraction of sp³-hybridized carbons (Fsp3) is 0.143. The van der Waals surface area contributed by atoms with Gasteiger partial charge in [-0.05, 0) is 42.3 Å². The molecule has 0 aliphatic carbocycles. The first-order valence-corrected chi connectivity index (χ1v) is 8.69. The number of pyridine rings is 1. The number of aryl methyl sites for hydroxylation is 1. The van der Waals surface area contributed by atoms with Crippen LogP contribution in [0.15, 0.2) is 66.9 Å². The van der Waals surface area contributed by atoms with Crippen LogP contribution in [0.2, 0.25) is 5.02 Å². The van der Waals surface area contributed by atoms with Crippen LogP contribution in [-0.2, 0) is 6.54 Å². The van der Waals surface area contributed by atoms with Crippen molar-refractivity contribution in [1.29, 1.82) is 0 Å². The Morgan fingerprint density at radius 3 is 2.54 bits per heavy atom. The van der Waals surface area contributed by atoms with Crippen LogP contribution in [-0.4, -0.2) is 22.8 Å². The summed E-state index contributed by atoms with van der Waals surface area (Å²) in [6.45, 7) is 2.51. The van der Waals surface area contributed by atoms with Gasteiger partial charge in [0.05, 0.1) is 5.56 Å². The van der Waals surface area contributed by atoms with Crippen LogP contribution in [0.25, 0.3) is 0 Å². The highest BCUT2D eigenvalue weighted by Crippen LogP contribution is 2.22. The van der Waals surface area contributed by atoms with Crippen LogP contribution in [0.1, 0.15) is 21.5 Å². The molecule has 4 nitrogen and oxygen atoms in total. The number of anilines is 2. The molecule has 0 radical (unpaired) electrons. The zero-order valence-corrected chi connectivity index (χ0v) is 15.5. The molecule has 0 bridgehead atoms. The predicted octanol–water partition coefficient (Wildman–Crippen LogP) is 5.06. The third-order valence-electron chi connectivity index (χ3n) is 4.06. The molecular formula is C21H20ClN3O. The van der Waals surface area contributed by atoms with E-state index in [0.29, 0.717) is 22.9 Å². The second-order valence-corrected chi connectivity index (χ2v) is 6.58. The normalized spacial score (nSPS) is 10.4. The summed E-state index contributed by atoms with van der Waals surface area (Å²) >= 11 is 6.14. The SMILES string of the molecule is Cc1ccc(Nc2ccc(C(=O)N(C)Cc3ccccc3)cn2)cc1Cl. The molecule has 3 aromatic rings. The number of benzene rings is 2. The lowest BCUT2D eigenvalue weighted by molar-refractivity contribution is 0.0784. The molecule has 2 aromatic carbocycles. The highest BCUT2D eigenvalue weighted by atomic mass is 35.5. The van der Waals surface area contributed by atoms with Gasteiger partial charge in [-0.2, -0.15) is 0 Å². The smallest absolute Gasteiger partial charge is 0.255 e. The molecule has 0 fully saturated rings. The fourth-order valence-corrected chi connectivity index (χ4v) is 2.74. The van der Waals surface area contributed by atoms with Gasteiger partial charge in [-0.3, -0.25) is 4.79 Å².